The maximum absolute atomic E-state index is 12.7. The highest BCUT2D eigenvalue weighted by Crippen LogP contribution is 2.19. The summed E-state index contributed by atoms with van der Waals surface area (Å²) in [6.07, 6.45) is 3.57. The molecule has 1 aliphatic carbocycles. The normalized spacial score (nSPS) is 20.7. The molecule has 0 aliphatic heterocycles. The summed E-state index contributed by atoms with van der Waals surface area (Å²) in [5.74, 6) is -1.81. The van der Waals surface area contributed by atoms with Crippen LogP contribution in [0.4, 0.5) is 0 Å². The quantitative estimate of drug-likeness (QED) is 0.244. The van der Waals surface area contributed by atoms with E-state index in [0.29, 0.717) is 19.3 Å². The fourth-order valence-corrected chi connectivity index (χ4v) is 3.59. The standard InChI is InChI=1S/C19H32N4O5S/c1-4-13(20-11(2)24)18(27)22-14-7-5-6-8-15(14)23-19(28)17(21-12(3)25)16(26)9-10-29/h13-15,17,29H,4-10H2,1-3H3,(H,20,24)(H,21,25)(H,22,27)(H,23,28). The van der Waals surface area contributed by atoms with E-state index >= 15 is 0 Å². The van der Waals surface area contributed by atoms with E-state index in [1.807, 2.05) is 0 Å². The average molecular weight is 429 g/mol. The fraction of sp³-hybridized carbons (Fsp3) is 0.737. The molecule has 0 saturated heterocycles. The minimum Gasteiger partial charge on any atom is -0.350 e. The van der Waals surface area contributed by atoms with Crippen molar-refractivity contribution in [3.05, 3.63) is 0 Å². The van der Waals surface area contributed by atoms with Crippen LogP contribution in [0, 0.1) is 0 Å². The van der Waals surface area contributed by atoms with Gasteiger partial charge in [0.2, 0.25) is 17.7 Å². The van der Waals surface area contributed by atoms with Gasteiger partial charge >= 0.3 is 0 Å². The third-order valence-electron chi connectivity index (χ3n) is 4.81. The van der Waals surface area contributed by atoms with Gasteiger partial charge in [0, 0.05) is 32.4 Å². The van der Waals surface area contributed by atoms with Crippen LogP contribution in [0.2, 0.25) is 0 Å². The first kappa shape index (κ1) is 24.9. The molecular weight excluding hydrogens is 396 g/mol. The molecule has 9 nitrogen and oxygen atoms in total. The summed E-state index contributed by atoms with van der Waals surface area (Å²) in [5, 5.41) is 10.7. The van der Waals surface area contributed by atoms with E-state index in [4.69, 9.17) is 0 Å². The summed E-state index contributed by atoms with van der Waals surface area (Å²) in [6.45, 7) is 4.39. The van der Waals surface area contributed by atoms with E-state index in [0.717, 1.165) is 12.8 Å². The van der Waals surface area contributed by atoms with Crippen LogP contribution in [0.25, 0.3) is 0 Å². The summed E-state index contributed by atoms with van der Waals surface area (Å²) in [4.78, 5) is 60.1. The van der Waals surface area contributed by atoms with Crippen molar-refractivity contribution in [1.82, 2.24) is 21.3 Å². The number of Topliss-reactive ketones (excluding diaryl/α,β-unsaturated/α-hetero) is 1. The van der Waals surface area contributed by atoms with E-state index < -0.39 is 29.7 Å². The lowest BCUT2D eigenvalue weighted by Crippen LogP contribution is -2.60. The molecular formula is C19H32N4O5S. The summed E-state index contributed by atoms with van der Waals surface area (Å²) in [5.41, 5.74) is 0. The lowest BCUT2D eigenvalue weighted by molar-refractivity contribution is -0.136. The Kier molecular flexibility index (Phi) is 10.7. The molecule has 4 unspecified atom stereocenters. The van der Waals surface area contributed by atoms with Crippen molar-refractivity contribution >= 4 is 42.0 Å². The molecule has 29 heavy (non-hydrogen) atoms. The van der Waals surface area contributed by atoms with Gasteiger partial charge in [-0.15, -0.1) is 0 Å². The molecule has 0 aromatic rings. The van der Waals surface area contributed by atoms with Gasteiger partial charge in [-0.3, -0.25) is 24.0 Å². The summed E-state index contributed by atoms with van der Waals surface area (Å²) < 4.78 is 0. The maximum Gasteiger partial charge on any atom is 0.250 e. The SMILES string of the molecule is CCC(NC(C)=O)C(=O)NC1CCCCC1NC(=O)C(NC(C)=O)C(=O)CCS. The Hall–Kier alpha value is -2.10. The molecule has 1 saturated carbocycles. The number of nitrogens with one attached hydrogen (secondary N) is 4. The predicted molar refractivity (Wildman–Crippen MR) is 111 cm³/mol. The smallest absolute Gasteiger partial charge is 0.250 e. The van der Waals surface area contributed by atoms with E-state index in [1.54, 1.807) is 6.92 Å². The van der Waals surface area contributed by atoms with E-state index in [2.05, 4.69) is 33.9 Å². The number of carbonyl (C=O) groups is 5. The highest BCUT2D eigenvalue weighted by Gasteiger charge is 2.33. The van der Waals surface area contributed by atoms with Crippen LogP contribution in [0.15, 0.2) is 0 Å². The minimum absolute atomic E-state index is 0.0568. The Morgan fingerprint density at radius 1 is 0.897 bits per heavy atom. The van der Waals surface area contributed by atoms with Gasteiger partial charge in [0.05, 0.1) is 0 Å². The van der Waals surface area contributed by atoms with Crippen molar-refractivity contribution in [3.63, 3.8) is 0 Å². The van der Waals surface area contributed by atoms with Crippen LogP contribution in [0.5, 0.6) is 0 Å². The summed E-state index contributed by atoms with van der Waals surface area (Å²) in [7, 11) is 0. The van der Waals surface area contributed by atoms with E-state index in [-0.39, 0.29) is 36.1 Å². The lowest BCUT2D eigenvalue weighted by Gasteiger charge is -2.34. The third-order valence-corrected chi connectivity index (χ3v) is 5.04. The zero-order chi connectivity index (χ0) is 22.0. The topological polar surface area (TPSA) is 133 Å². The van der Waals surface area contributed by atoms with Crippen molar-refractivity contribution in [2.75, 3.05) is 5.75 Å². The van der Waals surface area contributed by atoms with Gasteiger partial charge in [0.1, 0.15) is 6.04 Å². The fourth-order valence-electron chi connectivity index (χ4n) is 3.37. The van der Waals surface area contributed by atoms with Gasteiger partial charge in [-0.2, -0.15) is 12.6 Å². The number of carbonyl (C=O) groups excluding carboxylic acids is 5. The molecule has 1 fully saturated rings. The van der Waals surface area contributed by atoms with Gasteiger partial charge in [0.25, 0.3) is 5.91 Å². The molecule has 0 aromatic heterocycles. The molecule has 164 valence electrons. The molecule has 4 atom stereocenters. The number of ketones is 1. The van der Waals surface area contributed by atoms with Crippen molar-refractivity contribution in [2.45, 2.75) is 83.5 Å². The number of amides is 4. The van der Waals surface area contributed by atoms with Crippen LogP contribution in [0.1, 0.15) is 59.3 Å². The average Bonchev–Trinajstić information content (AvgIpc) is 2.65. The molecule has 1 rings (SSSR count). The third kappa shape index (κ3) is 8.43. The first-order valence-electron chi connectivity index (χ1n) is 9.98. The van der Waals surface area contributed by atoms with Crippen LogP contribution in [0.3, 0.4) is 0 Å². The first-order chi connectivity index (χ1) is 13.7. The molecule has 1 aliphatic rings. The first-order valence-corrected chi connectivity index (χ1v) is 10.6. The van der Waals surface area contributed by atoms with Crippen LogP contribution in [-0.4, -0.2) is 59.3 Å². The number of thiol groups is 1. The van der Waals surface area contributed by atoms with Gasteiger partial charge in [-0.25, -0.2) is 0 Å². The Bertz CT molecular complexity index is 628. The van der Waals surface area contributed by atoms with Crippen LogP contribution < -0.4 is 21.3 Å². The van der Waals surface area contributed by atoms with Crippen molar-refractivity contribution in [1.29, 1.82) is 0 Å². The molecule has 10 heteroatoms. The second kappa shape index (κ2) is 12.5. The van der Waals surface area contributed by atoms with Gasteiger partial charge in [-0.05, 0) is 25.0 Å². The second-order valence-electron chi connectivity index (χ2n) is 7.25. The zero-order valence-corrected chi connectivity index (χ0v) is 18.1. The Balaban J connectivity index is 2.83. The van der Waals surface area contributed by atoms with Crippen molar-refractivity contribution in [2.24, 2.45) is 0 Å². The Morgan fingerprint density at radius 2 is 1.41 bits per heavy atom. The maximum atomic E-state index is 12.7. The highest BCUT2D eigenvalue weighted by atomic mass is 32.1. The van der Waals surface area contributed by atoms with E-state index in [1.165, 1.54) is 13.8 Å². The Morgan fingerprint density at radius 3 is 1.86 bits per heavy atom. The van der Waals surface area contributed by atoms with Gasteiger partial charge in [0.15, 0.2) is 11.8 Å². The molecule has 0 bridgehead atoms. The molecule has 4 amide bonds. The van der Waals surface area contributed by atoms with Crippen molar-refractivity contribution in [3.8, 4) is 0 Å². The molecule has 0 spiro atoms. The van der Waals surface area contributed by atoms with Gasteiger partial charge in [-0.1, -0.05) is 19.8 Å². The lowest BCUT2D eigenvalue weighted by atomic mass is 9.89. The number of rotatable bonds is 10. The summed E-state index contributed by atoms with van der Waals surface area (Å²) in [6, 6.07) is -2.60. The van der Waals surface area contributed by atoms with E-state index in [9.17, 15) is 24.0 Å². The largest absolute Gasteiger partial charge is 0.350 e. The molecule has 0 radical (unpaired) electrons. The second-order valence-corrected chi connectivity index (χ2v) is 7.70. The van der Waals surface area contributed by atoms with Crippen molar-refractivity contribution < 1.29 is 24.0 Å². The summed E-state index contributed by atoms with van der Waals surface area (Å²) >= 11 is 4.01. The molecule has 0 heterocycles. The predicted octanol–water partition coefficient (Wildman–Crippen LogP) is -0.162. The molecule has 4 N–H and O–H groups in total. The Labute approximate surface area is 176 Å². The van der Waals surface area contributed by atoms with Crippen LogP contribution >= 0.6 is 12.6 Å². The minimum atomic E-state index is -1.28. The van der Waals surface area contributed by atoms with Gasteiger partial charge < -0.3 is 21.3 Å². The highest BCUT2D eigenvalue weighted by molar-refractivity contribution is 7.80. The number of hydrogen-bond donors (Lipinski definition) is 5. The van der Waals surface area contributed by atoms with Crippen LogP contribution in [-0.2, 0) is 24.0 Å². The monoisotopic (exact) mass is 428 g/mol. The zero-order valence-electron chi connectivity index (χ0n) is 17.2. The molecule has 0 aromatic carbocycles. The number of hydrogen-bond acceptors (Lipinski definition) is 6.